The molecule has 0 spiro atoms. The van der Waals surface area contributed by atoms with E-state index in [1.165, 1.54) is 0 Å². The summed E-state index contributed by atoms with van der Waals surface area (Å²) in [4.78, 5) is 11.6. The third-order valence-corrected chi connectivity index (χ3v) is 3.59. The van der Waals surface area contributed by atoms with Gasteiger partial charge in [0.1, 0.15) is 5.75 Å². The molecule has 0 aliphatic carbocycles. The number of nitrogens with one attached hydrogen (secondary N) is 1. The minimum absolute atomic E-state index is 0.0113. The minimum Gasteiger partial charge on any atom is -0.479 e. The Balaban J connectivity index is 2.26. The molecule has 1 heterocycles. The third-order valence-electron chi connectivity index (χ3n) is 3.59. The molecule has 1 aliphatic rings. The van der Waals surface area contributed by atoms with E-state index < -0.39 is 6.10 Å². The van der Waals surface area contributed by atoms with Gasteiger partial charge in [-0.1, -0.05) is 13.0 Å². The summed E-state index contributed by atoms with van der Waals surface area (Å²) in [5.41, 5.74) is 7.67. The van der Waals surface area contributed by atoms with Gasteiger partial charge in [-0.3, -0.25) is 4.79 Å². The smallest absolute Gasteiger partial charge is 0.265 e. The van der Waals surface area contributed by atoms with Crippen LogP contribution in [0.25, 0.3) is 0 Å². The number of carbonyl (C=O) groups excluding carboxylic acids is 1. The van der Waals surface area contributed by atoms with E-state index in [1.807, 2.05) is 25.1 Å². The molecule has 104 valence electrons. The number of rotatable bonds is 4. The third kappa shape index (κ3) is 2.72. The van der Waals surface area contributed by atoms with Crippen LogP contribution >= 0.6 is 0 Å². The molecule has 5 heteroatoms. The predicted molar refractivity (Wildman–Crippen MR) is 73.0 cm³/mol. The first-order chi connectivity index (χ1) is 9.06. The normalized spacial score (nSPS) is 21.1. The Morgan fingerprint density at radius 3 is 2.89 bits per heavy atom. The zero-order valence-electron chi connectivity index (χ0n) is 11.2. The van der Waals surface area contributed by atoms with Gasteiger partial charge in [-0.2, -0.15) is 0 Å². The molecule has 5 nitrogen and oxygen atoms in total. The molecule has 0 fully saturated rings. The van der Waals surface area contributed by atoms with E-state index in [1.54, 1.807) is 6.92 Å². The summed E-state index contributed by atoms with van der Waals surface area (Å²) in [6, 6.07) is 5.26. The predicted octanol–water partition coefficient (Wildman–Crippen LogP) is 1.42. The van der Waals surface area contributed by atoms with Crippen molar-refractivity contribution in [3.8, 4) is 5.75 Å². The molecule has 1 amide bonds. The number of fused-ring (bicyclic) bond motifs is 1. The summed E-state index contributed by atoms with van der Waals surface area (Å²) in [5.74, 6) is 0.504. The average molecular weight is 264 g/mol. The summed E-state index contributed by atoms with van der Waals surface area (Å²) >= 11 is 0. The number of hydrogen-bond acceptors (Lipinski definition) is 4. The van der Waals surface area contributed by atoms with Crippen molar-refractivity contribution in [1.29, 1.82) is 0 Å². The lowest BCUT2D eigenvalue weighted by Gasteiger charge is -2.26. The van der Waals surface area contributed by atoms with Crippen molar-refractivity contribution in [2.24, 2.45) is 11.7 Å². The van der Waals surface area contributed by atoms with E-state index in [-0.39, 0.29) is 24.5 Å². The van der Waals surface area contributed by atoms with E-state index in [4.69, 9.17) is 10.5 Å². The second-order valence-corrected chi connectivity index (χ2v) is 4.88. The Labute approximate surface area is 112 Å². The number of amides is 1. The molecule has 1 aromatic rings. The molecule has 0 aromatic heterocycles. The summed E-state index contributed by atoms with van der Waals surface area (Å²) in [6.07, 6.45) is 0.321. The number of aliphatic hydroxyl groups is 1. The number of carbonyl (C=O) groups is 1. The SMILES string of the molecule is CCC(CO)C(N)c1ccc2c(c1)NC(=O)C(C)O2. The Morgan fingerprint density at radius 1 is 1.53 bits per heavy atom. The van der Waals surface area contributed by atoms with Crippen LogP contribution in [0.2, 0.25) is 0 Å². The Morgan fingerprint density at radius 2 is 2.26 bits per heavy atom. The minimum atomic E-state index is -0.479. The van der Waals surface area contributed by atoms with Crippen molar-refractivity contribution in [3.63, 3.8) is 0 Å². The second kappa shape index (κ2) is 5.59. The van der Waals surface area contributed by atoms with E-state index in [0.717, 1.165) is 12.0 Å². The van der Waals surface area contributed by atoms with Crippen LogP contribution in [0.15, 0.2) is 18.2 Å². The number of aliphatic hydroxyl groups excluding tert-OH is 1. The Kier molecular flexibility index (Phi) is 4.07. The van der Waals surface area contributed by atoms with Gasteiger partial charge in [-0.25, -0.2) is 0 Å². The highest BCUT2D eigenvalue weighted by atomic mass is 16.5. The van der Waals surface area contributed by atoms with Crippen LogP contribution in [-0.2, 0) is 4.79 Å². The van der Waals surface area contributed by atoms with Crippen LogP contribution in [0, 0.1) is 5.92 Å². The van der Waals surface area contributed by atoms with Crippen LogP contribution in [0.5, 0.6) is 5.75 Å². The van der Waals surface area contributed by atoms with E-state index in [9.17, 15) is 9.90 Å². The van der Waals surface area contributed by atoms with Gasteiger partial charge in [0.05, 0.1) is 5.69 Å². The summed E-state index contributed by atoms with van der Waals surface area (Å²) in [7, 11) is 0. The van der Waals surface area contributed by atoms with E-state index >= 15 is 0 Å². The summed E-state index contributed by atoms with van der Waals surface area (Å²) in [6.45, 7) is 3.75. The lowest BCUT2D eigenvalue weighted by Crippen LogP contribution is -2.34. The van der Waals surface area contributed by atoms with Crippen LogP contribution < -0.4 is 15.8 Å². The van der Waals surface area contributed by atoms with Gasteiger partial charge in [0.15, 0.2) is 6.10 Å². The van der Waals surface area contributed by atoms with Crippen molar-refractivity contribution in [1.82, 2.24) is 0 Å². The molecule has 19 heavy (non-hydrogen) atoms. The lowest BCUT2D eigenvalue weighted by atomic mass is 9.92. The molecule has 3 atom stereocenters. The molecular formula is C14H20N2O3. The summed E-state index contributed by atoms with van der Waals surface area (Å²) < 4.78 is 5.49. The monoisotopic (exact) mass is 264 g/mol. The molecule has 0 bridgehead atoms. The van der Waals surface area contributed by atoms with Gasteiger partial charge in [-0.05, 0) is 31.0 Å². The van der Waals surface area contributed by atoms with Crippen molar-refractivity contribution >= 4 is 11.6 Å². The lowest BCUT2D eigenvalue weighted by molar-refractivity contribution is -0.122. The van der Waals surface area contributed by atoms with Crippen LogP contribution in [0.3, 0.4) is 0 Å². The van der Waals surface area contributed by atoms with Gasteiger partial charge >= 0.3 is 0 Å². The molecule has 1 aliphatic heterocycles. The quantitative estimate of drug-likeness (QED) is 0.768. The largest absolute Gasteiger partial charge is 0.479 e. The van der Waals surface area contributed by atoms with E-state index in [0.29, 0.717) is 11.4 Å². The maximum atomic E-state index is 11.6. The fourth-order valence-electron chi connectivity index (χ4n) is 2.20. The molecule has 0 radical (unpaired) electrons. The first kappa shape index (κ1) is 13.8. The van der Waals surface area contributed by atoms with Crippen molar-refractivity contribution in [2.45, 2.75) is 32.4 Å². The van der Waals surface area contributed by atoms with Gasteiger partial charge < -0.3 is 20.9 Å². The molecule has 0 saturated carbocycles. The molecule has 0 saturated heterocycles. The zero-order chi connectivity index (χ0) is 14.0. The molecule has 1 aromatic carbocycles. The van der Waals surface area contributed by atoms with Crippen molar-refractivity contribution in [3.05, 3.63) is 23.8 Å². The zero-order valence-corrected chi connectivity index (χ0v) is 11.2. The number of benzene rings is 1. The summed E-state index contributed by atoms with van der Waals surface area (Å²) in [5, 5.41) is 12.1. The Hall–Kier alpha value is -1.59. The Bertz CT molecular complexity index is 472. The van der Waals surface area contributed by atoms with Gasteiger partial charge in [0.25, 0.3) is 5.91 Å². The number of nitrogens with two attached hydrogens (primary N) is 1. The first-order valence-corrected chi connectivity index (χ1v) is 6.54. The first-order valence-electron chi connectivity index (χ1n) is 6.54. The maximum Gasteiger partial charge on any atom is 0.265 e. The highest BCUT2D eigenvalue weighted by Gasteiger charge is 2.25. The molecule has 2 rings (SSSR count). The fourth-order valence-corrected chi connectivity index (χ4v) is 2.20. The molecule has 4 N–H and O–H groups in total. The molecule has 3 unspecified atom stereocenters. The number of anilines is 1. The highest BCUT2D eigenvalue weighted by molar-refractivity contribution is 5.97. The average Bonchev–Trinajstić information content (AvgIpc) is 2.41. The van der Waals surface area contributed by atoms with Crippen LogP contribution in [0.4, 0.5) is 5.69 Å². The fraction of sp³-hybridized carbons (Fsp3) is 0.500. The van der Waals surface area contributed by atoms with Crippen molar-refractivity contribution in [2.75, 3.05) is 11.9 Å². The van der Waals surface area contributed by atoms with Gasteiger partial charge in [0.2, 0.25) is 0 Å². The maximum absolute atomic E-state index is 11.6. The standard InChI is InChI=1S/C14H20N2O3/c1-3-9(7-17)13(15)10-4-5-12-11(6-10)16-14(18)8(2)19-12/h4-6,8-9,13,17H,3,7,15H2,1-2H3,(H,16,18). The number of hydrogen-bond donors (Lipinski definition) is 3. The topological polar surface area (TPSA) is 84.6 Å². The van der Waals surface area contributed by atoms with E-state index in [2.05, 4.69) is 5.32 Å². The highest BCUT2D eigenvalue weighted by Crippen LogP contribution is 2.33. The second-order valence-electron chi connectivity index (χ2n) is 4.88. The van der Waals surface area contributed by atoms with Crippen LogP contribution in [0.1, 0.15) is 31.9 Å². The van der Waals surface area contributed by atoms with Crippen LogP contribution in [-0.4, -0.2) is 23.7 Å². The van der Waals surface area contributed by atoms with Gasteiger partial charge in [-0.15, -0.1) is 0 Å². The van der Waals surface area contributed by atoms with Crippen molar-refractivity contribution < 1.29 is 14.6 Å². The van der Waals surface area contributed by atoms with Gasteiger partial charge in [0, 0.05) is 18.6 Å². The molecular weight excluding hydrogens is 244 g/mol. The number of ether oxygens (including phenoxy) is 1.